The number of rotatable bonds is 3. The molecule has 0 radical (unpaired) electrons. The highest BCUT2D eigenvalue weighted by molar-refractivity contribution is 6.35. The van der Waals surface area contributed by atoms with Gasteiger partial charge in [-0.25, -0.2) is 9.78 Å². The second-order valence-electron chi connectivity index (χ2n) is 6.74. The van der Waals surface area contributed by atoms with Gasteiger partial charge in [-0.2, -0.15) is 0 Å². The molecule has 8 heteroatoms. The Balaban J connectivity index is 1.76. The van der Waals surface area contributed by atoms with Gasteiger partial charge in [-0.05, 0) is 42.7 Å². The molecule has 27 heavy (non-hydrogen) atoms. The predicted molar refractivity (Wildman–Crippen MR) is 106 cm³/mol. The quantitative estimate of drug-likeness (QED) is 0.672. The topological polar surface area (TPSA) is 60.1 Å². The van der Waals surface area contributed by atoms with Crippen molar-refractivity contribution in [3.63, 3.8) is 0 Å². The number of fused-ring (bicyclic) bond motifs is 1. The van der Waals surface area contributed by atoms with Crippen LogP contribution in [-0.2, 0) is 18.4 Å². The molecule has 2 aromatic heterocycles. The Bertz CT molecular complexity index is 1080. The minimum Gasteiger partial charge on any atom is -0.341 e. The number of aryl methyl sites for hydroxylation is 1. The largest absolute Gasteiger partial charge is 0.341 e. The number of hydrogen-bond donors (Lipinski definition) is 0. The van der Waals surface area contributed by atoms with Crippen molar-refractivity contribution in [2.24, 2.45) is 7.05 Å². The summed E-state index contributed by atoms with van der Waals surface area (Å²) < 4.78 is 2.94. The maximum Gasteiger partial charge on any atom is 0.330 e. The molecule has 0 saturated carbocycles. The van der Waals surface area contributed by atoms with Crippen molar-refractivity contribution in [1.82, 2.24) is 19.0 Å². The summed E-state index contributed by atoms with van der Waals surface area (Å²) in [4.78, 5) is 31.4. The van der Waals surface area contributed by atoms with Crippen molar-refractivity contribution in [3.8, 4) is 11.1 Å². The second-order valence-corrected chi connectivity index (χ2v) is 7.61. The molecule has 1 saturated heterocycles. The number of amides is 1. The van der Waals surface area contributed by atoms with Crippen molar-refractivity contribution >= 4 is 40.3 Å². The number of aromatic nitrogens is 3. The van der Waals surface area contributed by atoms with Gasteiger partial charge in [-0.15, -0.1) is 0 Å². The zero-order chi connectivity index (χ0) is 19.1. The summed E-state index contributed by atoms with van der Waals surface area (Å²) in [6.07, 6.45) is 3.69. The molecule has 6 nitrogen and oxygen atoms in total. The molecular weight excluding hydrogens is 387 g/mol. The van der Waals surface area contributed by atoms with E-state index in [1.807, 2.05) is 6.07 Å². The monoisotopic (exact) mass is 404 g/mol. The summed E-state index contributed by atoms with van der Waals surface area (Å²) >= 11 is 12.2. The number of halogens is 2. The van der Waals surface area contributed by atoms with Crippen LogP contribution in [0.4, 0.5) is 0 Å². The molecule has 1 aromatic carbocycles. The molecule has 1 fully saturated rings. The predicted octanol–water partition coefficient (Wildman–Crippen LogP) is 3.33. The number of imidazole rings is 1. The summed E-state index contributed by atoms with van der Waals surface area (Å²) in [5.41, 5.74) is 2.50. The van der Waals surface area contributed by atoms with Gasteiger partial charge in [0, 0.05) is 41.9 Å². The minimum atomic E-state index is -0.258. The van der Waals surface area contributed by atoms with Crippen LogP contribution in [0.15, 0.2) is 35.3 Å². The standard InChI is InChI=1S/C19H18Cl2N4O2/c1-23-16-8-13(12-6-14(20)9-15(21)7-12)10-22-18(16)25(19(23)27)11-17(26)24-4-2-3-5-24/h6-10H,2-5,11H2,1H3. The summed E-state index contributed by atoms with van der Waals surface area (Å²) in [5, 5.41) is 1.06. The molecule has 0 aliphatic carbocycles. The van der Waals surface area contributed by atoms with E-state index in [4.69, 9.17) is 23.2 Å². The van der Waals surface area contributed by atoms with Gasteiger partial charge in [-0.3, -0.25) is 13.9 Å². The van der Waals surface area contributed by atoms with Gasteiger partial charge in [0.25, 0.3) is 0 Å². The Kier molecular flexibility index (Phi) is 4.70. The fraction of sp³-hybridized carbons (Fsp3) is 0.316. The lowest BCUT2D eigenvalue weighted by Gasteiger charge is -2.15. The minimum absolute atomic E-state index is 0.00547. The lowest BCUT2D eigenvalue weighted by molar-refractivity contribution is -0.130. The number of pyridine rings is 1. The van der Waals surface area contributed by atoms with Crippen LogP contribution in [-0.4, -0.2) is 38.0 Å². The summed E-state index contributed by atoms with van der Waals surface area (Å²) in [6.45, 7) is 1.52. The summed E-state index contributed by atoms with van der Waals surface area (Å²) in [5.74, 6) is -0.0467. The Morgan fingerprint density at radius 3 is 2.41 bits per heavy atom. The van der Waals surface area contributed by atoms with E-state index in [0.717, 1.165) is 37.1 Å². The second kappa shape index (κ2) is 7.02. The molecule has 0 spiro atoms. The Hall–Kier alpha value is -2.31. The molecule has 4 rings (SSSR count). The molecule has 0 N–H and O–H groups in total. The molecule has 3 heterocycles. The van der Waals surface area contributed by atoms with Crippen LogP contribution in [0.3, 0.4) is 0 Å². The van der Waals surface area contributed by atoms with E-state index < -0.39 is 0 Å². The van der Waals surface area contributed by atoms with Gasteiger partial charge in [0.1, 0.15) is 6.54 Å². The molecule has 140 valence electrons. The first kappa shape index (κ1) is 18.1. The van der Waals surface area contributed by atoms with Gasteiger partial charge in [0.2, 0.25) is 5.91 Å². The zero-order valence-electron chi connectivity index (χ0n) is 14.8. The third-order valence-electron chi connectivity index (χ3n) is 4.93. The van der Waals surface area contributed by atoms with Crippen LogP contribution in [0.2, 0.25) is 10.0 Å². The van der Waals surface area contributed by atoms with E-state index in [0.29, 0.717) is 21.2 Å². The Morgan fingerprint density at radius 1 is 1.07 bits per heavy atom. The smallest absolute Gasteiger partial charge is 0.330 e. The third-order valence-corrected chi connectivity index (χ3v) is 5.37. The van der Waals surface area contributed by atoms with Crippen molar-refractivity contribution in [3.05, 3.63) is 51.0 Å². The number of hydrogen-bond acceptors (Lipinski definition) is 3. The van der Waals surface area contributed by atoms with Gasteiger partial charge in [-0.1, -0.05) is 23.2 Å². The number of nitrogens with zero attached hydrogens (tertiary/aromatic N) is 4. The number of carbonyl (C=O) groups excluding carboxylic acids is 1. The van der Waals surface area contributed by atoms with E-state index in [2.05, 4.69) is 4.98 Å². The lowest BCUT2D eigenvalue weighted by atomic mass is 10.1. The highest BCUT2D eigenvalue weighted by Crippen LogP contribution is 2.28. The number of carbonyl (C=O) groups is 1. The molecule has 0 unspecified atom stereocenters. The zero-order valence-corrected chi connectivity index (χ0v) is 16.3. The molecule has 1 aliphatic heterocycles. The molecule has 1 aliphatic rings. The molecule has 3 aromatic rings. The maximum atomic E-state index is 12.7. The van der Waals surface area contributed by atoms with Crippen LogP contribution in [0, 0.1) is 0 Å². The fourth-order valence-corrected chi connectivity index (χ4v) is 4.02. The normalized spacial score (nSPS) is 14.3. The Morgan fingerprint density at radius 2 is 1.74 bits per heavy atom. The van der Waals surface area contributed by atoms with Gasteiger partial charge in [0.15, 0.2) is 5.65 Å². The molecular formula is C19H18Cl2N4O2. The van der Waals surface area contributed by atoms with E-state index >= 15 is 0 Å². The first-order valence-corrected chi connectivity index (χ1v) is 9.49. The Labute approximate surface area is 165 Å². The third kappa shape index (κ3) is 3.35. The average Bonchev–Trinajstić information content (AvgIpc) is 3.25. The SMILES string of the molecule is Cn1c(=O)n(CC(=O)N2CCCC2)c2ncc(-c3cc(Cl)cc(Cl)c3)cc21. The van der Waals surface area contributed by atoms with Gasteiger partial charge < -0.3 is 4.90 Å². The first-order chi connectivity index (χ1) is 12.9. The van der Waals surface area contributed by atoms with E-state index in [-0.39, 0.29) is 18.1 Å². The van der Waals surface area contributed by atoms with Crippen LogP contribution in [0.5, 0.6) is 0 Å². The first-order valence-electron chi connectivity index (χ1n) is 8.73. The highest BCUT2D eigenvalue weighted by Gasteiger charge is 2.21. The highest BCUT2D eigenvalue weighted by atomic mass is 35.5. The average molecular weight is 405 g/mol. The molecule has 0 atom stereocenters. The van der Waals surface area contributed by atoms with Crippen molar-refractivity contribution in [1.29, 1.82) is 0 Å². The number of benzene rings is 1. The van der Waals surface area contributed by atoms with Crippen molar-refractivity contribution in [2.45, 2.75) is 19.4 Å². The van der Waals surface area contributed by atoms with Crippen molar-refractivity contribution in [2.75, 3.05) is 13.1 Å². The van der Waals surface area contributed by atoms with Gasteiger partial charge >= 0.3 is 5.69 Å². The van der Waals surface area contributed by atoms with Crippen molar-refractivity contribution < 1.29 is 4.79 Å². The molecule has 0 bridgehead atoms. The van der Waals surface area contributed by atoms with Crippen LogP contribution < -0.4 is 5.69 Å². The van der Waals surface area contributed by atoms with E-state index in [1.165, 1.54) is 9.13 Å². The van der Waals surface area contributed by atoms with E-state index in [1.54, 1.807) is 36.3 Å². The lowest BCUT2D eigenvalue weighted by Crippen LogP contribution is -2.34. The fourth-order valence-electron chi connectivity index (χ4n) is 3.50. The van der Waals surface area contributed by atoms with Crippen LogP contribution >= 0.6 is 23.2 Å². The van der Waals surface area contributed by atoms with Crippen LogP contribution in [0.1, 0.15) is 12.8 Å². The number of likely N-dealkylation sites (tertiary alicyclic amines) is 1. The van der Waals surface area contributed by atoms with E-state index in [9.17, 15) is 9.59 Å². The summed E-state index contributed by atoms with van der Waals surface area (Å²) in [6, 6.07) is 7.11. The maximum absolute atomic E-state index is 12.7. The van der Waals surface area contributed by atoms with Gasteiger partial charge in [0.05, 0.1) is 5.52 Å². The van der Waals surface area contributed by atoms with Crippen LogP contribution in [0.25, 0.3) is 22.3 Å². The summed E-state index contributed by atoms with van der Waals surface area (Å²) in [7, 11) is 1.68. The molecule has 1 amide bonds.